The number of hydrogen-bond acceptors (Lipinski definition) is 6. The van der Waals surface area contributed by atoms with Gasteiger partial charge in [0.25, 0.3) is 5.89 Å². The van der Waals surface area contributed by atoms with E-state index in [1.807, 2.05) is 28.9 Å². The van der Waals surface area contributed by atoms with Gasteiger partial charge in [0.05, 0.1) is 13.1 Å². The third kappa shape index (κ3) is 3.21. The molecule has 7 heteroatoms. The lowest BCUT2D eigenvalue weighted by molar-refractivity contribution is 0.211. The van der Waals surface area contributed by atoms with Crippen LogP contribution in [0.25, 0.3) is 11.5 Å². The Labute approximate surface area is 140 Å². The number of likely N-dealkylation sites (tertiary alicyclic amines) is 1. The highest BCUT2D eigenvalue weighted by molar-refractivity contribution is 5.53. The van der Waals surface area contributed by atoms with Crippen molar-refractivity contribution in [1.82, 2.24) is 29.8 Å². The molecule has 3 heterocycles. The van der Waals surface area contributed by atoms with Gasteiger partial charge in [0.1, 0.15) is 12.7 Å². The molecule has 0 unspecified atom stereocenters. The average molecular weight is 324 g/mol. The van der Waals surface area contributed by atoms with E-state index in [0.29, 0.717) is 18.5 Å². The molecule has 0 saturated carbocycles. The lowest BCUT2D eigenvalue weighted by Gasteiger charge is -2.22. The SMILES string of the molecule is Cc1ccc(-c2nc(CN3CCC[C@@H]3Cn3cncn3)no2)cc1. The first-order valence-electron chi connectivity index (χ1n) is 8.24. The van der Waals surface area contributed by atoms with Crippen LogP contribution in [0, 0.1) is 6.92 Å². The topological polar surface area (TPSA) is 72.9 Å². The Hall–Kier alpha value is -2.54. The molecule has 0 aliphatic carbocycles. The van der Waals surface area contributed by atoms with E-state index >= 15 is 0 Å². The van der Waals surface area contributed by atoms with E-state index in [9.17, 15) is 0 Å². The van der Waals surface area contributed by atoms with E-state index in [4.69, 9.17) is 4.52 Å². The number of benzene rings is 1. The molecule has 0 spiro atoms. The van der Waals surface area contributed by atoms with Crippen LogP contribution in [-0.2, 0) is 13.1 Å². The van der Waals surface area contributed by atoms with Gasteiger partial charge < -0.3 is 4.52 Å². The molecular formula is C17H20N6O. The van der Waals surface area contributed by atoms with Gasteiger partial charge in [-0.25, -0.2) is 4.98 Å². The molecule has 1 saturated heterocycles. The Morgan fingerprint density at radius 2 is 2.12 bits per heavy atom. The minimum atomic E-state index is 0.438. The molecule has 1 atom stereocenters. The van der Waals surface area contributed by atoms with Crippen LogP contribution in [0.4, 0.5) is 0 Å². The van der Waals surface area contributed by atoms with Crippen LogP contribution in [0.5, 0.6) is 0 Å². The number of hydrogen-bond donors (Lipinski definition) is 0. The maximum atomic E-state index is 5.43. The fourth-order valence-electron chi connectivity index (χ4n) is 3.17. The number of aryl methyl sites for hydroxylation is 1. The summed E-state index contributed by atoms with van der Waals surface area (Å²) in [4.78, 5) is 11.0. The van der Waals surface area contributed by atoms with E-state index in [2.05, 4.69) is 32.0 Å². The molecule has 0 amide bonds. The molecule has 0 N–H and O–H groups in total. The third-order valence-electron chi connectivity index (χ3n) is 4.47. The van der Waals surface area contributed by atoms with Crippen molar-refractivity contribution in [2.75, 3.05) is 6.54 Å². The maximum Gasteiger partial charge on any atom is 0.257 e. The van der Waals surface area contributed by atoms with Crippen LogP contribution in [0.2, 0.25) is 0 Å². The van der Waals surface area contributed by atoms with E-state index in [0.717, 1.165) is 30.9 Å². The highest BCUT2D eigenvalue weighted by atomic mass is 16.5. The molecule has 4 rings (SSSR count). The number of nitrogens with zero attached hydrogens (tertiary/aromatic N) is 6. The fourth-order valence-corrected chi connectivity index (χ4v) is 3.17. The average Bonchev–Trinajstić information content (AvgIpc) is 3.32. The Bertz CT molecular complexity index is 780. The maximum absolute atomic E-state index is 5.43. The van der Waals surface area contributed by atoms with Crippen molar-refractivity contribution in [3.8, 4) is 11.5 Å². The van der Waals surface area contributed by atoms with Crippen molar-refractivity contribution < 1.29 is 4.52 Å². The van der Waals surface area contributed by atoms with Gasteiger partial charge in [0, 0.05) is 11.6 Å². The molecule has 24 heavy (non-hydrogen) atoms. The van der Waals surface area contributed by atoms with E-state index < -0.39 is 0 Å². The largest absolute Gasteiger partial charge is 0.334 e. The van der Waals surface area contributed by atoms with Gasteiger partial charge in [0.2, 0.25) is 0 Å². The second-order valence-electron chi connectivity index (χ2n) is 6.27. The van der Waals surface area contributed by atoms with Crippen LogP contribution in [-0.4, -0.2) is 42.4 Å². The normalized spacial score (nSPS) is 18.3. The molecule has 1 fully saturated rings. The predicted octanol–water partition coefficient (Wildman–Crippen LogP) is 2.30. The van der Waals surface area contributed by atoms with Gasteiger partial charge in [-0.2, -0.15) is 10.1 Å². The highest BCUT2D eigenvalue weighted by Crippen LogP contribution is 2.22. The van der Waals surface area contributed by atoms with E-state index in [-0.39, 0.29) is 0 Å². The smallest absolute Gasteiger partial charge is 0.257 e. The zero-order chi connectivity index (χ0) is 16.4. The Balaban J connectivity index is 1.44. The summed E-state index contributed by atoms with van der Waals surface area (Å²) in [5, 5.41) is 8.35. The quantitative estimate of drug-likeness (QED) is 0.717. The lowest BCUT2D eigenvalue weighted by Crippen LogP contribution is -2.33. The molecule has 0 bridgehead atoms. The fraction of sp³-hybridized carbons (Fsp3) is 0.412. The summed E-state index contributed by atoms with van der Waals surface area (Å²) in [6.07, 6.45) is 5.68. The summed E-state index contributed by atoms with van der Waals surface area (Å²) in [7, 11) is 0. The molecule has 7 nitrogen and oxygen atoms in total. The van der Waals surface area contributed by atoms with Crippen LogP contribution >= 0.6 is 0 Å². The minimum Gasteiger partial charge on any atom is -0.334 e. The summed E-state index contributed by atoms with van der Waals surface area (Å²) in [5.41, 5.74) is 2.17. The molecule has 2 aromatic heterocycles. The van der Waals surface area contributed by atoms with Crippen LogP contribution in [0.1, 0.15) is 24.2 Å². The molecule has 1 aliphatic rings. The van der Waals surface area contributed by atoms with Crippen molar-refractivity contribution in [3.05, 3.63) is 48.3 Å². The van der Waals surface area contributed by atoms with Crippen LogP contribution < -0.4 is 0 Å². The van der Waals surface area contributed by atoms with Gasteiger partial charge in [-0.1, -0.05) is 22.9 Å². The second kappa shape index (κ2) is 6.52. The summed E-state index contributed by atoms with van der Waals surface area (Å²) in [6.45, 7) is 4.66. The van der Waals surface area contributed by atoms with Crippen molar-refractivity contribution in [2.45, 2.75) is 38.9 Å². The standard InChI is InChI=1S/C17H20N6O/c1-13-4-6-14(7-5-13)17-20-16(21-24-17)10-22-8-2-3-15(22)9-23-12-18-11-19-23/h4-7,11-12,15H,2-3,8-10H2,1H3/t15-/m1/s1. The van der Waals surface area contributed by atoms with E-state index in [1.165, 1.54) is 12.0 Å². The van der Waals surface area contributed by atoms with Crippen LogP contribution in [0.3, 0.4) is 0 Å². The molecule has 1 aliphatic heterocycles. The minimum absolute atomic E-state index is 0.438. The monoisotopic (exact) mass is 324 g/mol. The summed E-state index contributed by atoms with van der Waals surface area (Å²) in [6, 6.07) is 8.56. The highest BCUT2D eigenvalue weighted by Gasteiger charge is 2.26. The van der Waals surface area contributed by atoms with E-state index in [1.54, 1.807) is 12.7 Å². The van der Waals surface area contributed by atoms with Gasteiger partial charge in [0.15, 0.2) is 5.82 Å². The Morgan fingerprint density at radius 1 is 1.25 bits per heavy atom. The first-order valence-corrected chi connectivity index (χ1v) is 8.24. The van der Waals surface area contributed by atoms with Gasteiger partial charge in [-0.15, -0.1) is 0 Å². The third-order valence-corrected chi connectivity index (χ3v) is 4.47. The van der Waals surface area contributed by atoms with Gasteiger partial charge in [-0.05, 0) is 38.4 Å². The van der Waals surface area contributed by atoms with Crippen molar-refractivity contribution in [1.29, 1.82) is 0 Å². The first kappa shape index (κ1) is 15.0. The van der Waals surface area contributed by atoms with Crippen molar-refractivity contribution >= 4 is 0 Å². The molecule has 124 valence electrons. The summed E-state index contributed by atoms with van der Waals surface area (Å²) < 4.78 is 7.31. The summed E-state index contributed by atoms with van der Waals surface area (Å²) >= 11 is 0. The Kier molecular flexibility index (Phi) is 4.08. The van der Waals surface area contributed by atoms with Gasteiger partial charge >= 0.3 is 0 Å². The first-order chi connectivity index (χ1) is 11.8. The van der Waals surface area contributed by atoms with Crippen molar-refractivity contribution in [2.24, 2.45) is 0 Å². The summed E-state index contributed by atoms with van der Waals surface area (Å²) in [5.74, 6) is 1.31. The molecule has 0 radical (unpaired) electrons. The van der Waals surface area contributed by atoms with Crippen LogP contribution in [0.15, 0.2) is 41.4 Å². The molecule has 1 aromatic carbocycles. The zero-order valence-corrected chi connectivity index (χ0v) is 13.7. The zero-order valence-electron chi connectivity index (χ0n) is 13.7. The number of rotatable bonds is 5. The molecule has 3 aromatic rings. The van der Waals surface area contributed by atoms with Gasteiger partial charge in [-0.3, -0.25) is 9.58 Å². The Morgan fingerprint density at radius 3 is 2.92 bits per heavy atom. The second-order valence-corrected chi connectivity index (χ2v) is 6.27. The van der Waals surface area contributed by atoms with Crippen molar-refractivity contribution in [3.63, 3.8) is 0 Å². The number of aromatic nitrogens is 5. The predicted molar refractivity (Wildman–Crippen MR) is 87.9 cm³/mol. The molecular weight excluding hydrogens is 304 g/mol. The lowest BCUT2D eigenvalue weighted by atomic mass is 10.1.